The van der Waals surface area contributed by atoms with Crippen LogP contribution in [0.2, 0.25) is 0 Å². The minimum Gasteiger partial charge on any atom is -0.494 e. The zero-order valence-corrected chi connectivity index (χ0v) is 17.1. The van der Waals surface area contributed by atoms with Crippen LogP contribution in [0.4, 0.5) is 5.69 Å². The van der Waals surface area contributed by atoms with E-state index in [0.29, 0.717) is 36.2 Å². The number of nitrogens with zero attached hydrogens (tertiary/aromatic N) is 1. The molecule has 1 fully saturated rings. The van der Waals surface area contributed by atoms with E-state index in [4.69, 9.17) is 4.74 Å². The van der Waals surface area contributed by atoms with Crippen LogP contribution >= 0.6 is 11.3 Å². The molecule has 1 aliphatic heterocycles. The van der Waals surface area contributed by atoms with Gasteiger partial charge in [0.05, 0.1) is 16.4 Å². The van der Waals surface area contributed by atoms with Gasteiger partial charge in [-0.25, -0.2) is 8.42 Å². The zero-order valence-electron chi connectivity index (χ0n) is 15.5. The molecule has 2 aromatic rings. The van der Waals surface area contributed by atoms with Gasteiger partial charge in [0.15, 0.2) is 0 Å². The Kier molecular flexibility index (Phi) is 6.18. The second-order valence-corrected chi connectivity index (χ2v) is 9.49. The average Bonchev–Trinajstić information content (AvgIpc) is 3.15. The highest BCUT2D eigenvalue weighted by Gasteiger charge is 2.29. The van der Waals surface area contributed by atoms with E-state index >= 15 is 0 Å². The third-order valence-electron chi connectivity index (χ3n) is 4.60. The Balaban J connectivity index is 1.68. The Hall–Kier alpha value is -1.90. The van der Waals surface area contributed by atoms with Crippen molar-refractivity contribution in [3.8, 4) is 5.75 Å². The second kappa shape index (κ2) is 8.41. The van der Waals surface area contributed by atoms with Crippen molar-refractivity contribution < 1.29 is 17.9 Å². The Morgan fingerprint density at radius 2 is 1.93 bits per heavy atom. The fraction of sp³-hybridized carbons (Fsp3) is 0.421. The van der Waals surface area contributed by atoms with Crippen LogP contribution in [0.5, 0.6) is 5.75 Å². The van der Waals surface area contributed by atoms with E-state index in [2.05, 4.69) is 12.2 Å². The molecule has 0 bridgehead atoms. The molecule has 146 valence electrons. The molecule has 2 heterocycles. The predicted octanol–water partition coefficient (Wildman–Crippen LogP) is 3.82. The molecule has 1 saturated heterocycles. The van der Waals surface area contributed by atoms with Crippen LogP contribution < -0.4 is 10.1 Å². The first-order valence-corrected chi connectivity index (χ1v) is 11.3. The van der Waals surface area contributed by atoms with Gasteiger partial charge in [0.1, 0.15) is 5.75 Å². The maximum Gasteiger partial charge on any atom is 0.265 e. The Morgan fingerprint density at radius 1 is 1.26 bits per heavy atom. The number of hydrogen-bond acceptors (Lipinski definition) is 5. The molecule has 27 heavy (non-hydrogen) atoms. The summed E-state index contributed by atoms with van der Waals surface area (Å²) in [5, 5.41) is 4.33. The summed E-state index contributed by atoms with van der Waals surface area (Å²) in [4.78, 5) is 13.0. The molecule has 1 aromatic carbocycles. The van der Waals surface area contributed by atoms with Crippen molar-refractivity contribution in [1.29, 1.82) is 0 Å². The summed E-state index contributed by atoms with van der Waals surface area (Å²) in [5.41, 5.74) is 0.631. The second-order valence-electron chi connectivity index (χ2n) is 6.64. The summed E-state index contributed by atoms with van der Waals surface area (Å²) in [5.74, 6) is 0.961. The molecule has 8 heteroatoms. The lowest BCUT2D eigenvalue weighted by atomic mass is 10.0. The van der Waals surface area contributed by atoms with Crippen LogP contribution in [0.1, 0.15) is 36.4 Å². The highest BCUT2D eigenvalue weighted by molar-refractivity contribution is 7.89. The van der Waals surface area contributed by atoms with Gasteiger partial charge in [-0.15, -0.1) is 11.3 Å². The maximum atomic E-state index is 12.8. The zero-order chi connectivity index (χ0) is 19.4. The van der Waals surface area contributed by atoms with Gasteiger partial charge in [-0.3, -0.25) is 4.79 Å². The quantitative estimate of drug-likeness (QED) is 0.788. The monoisotopic (exact) mass is 408 g/mol. The lowest BCUT2D eigenvalue weighted by Crippen LogP contribution is -2.37. The minimum absolute atomic E-state index is 0.193. The van der Waals surface area contributed by atoms with Gasteiger partial charge < -0.3 is 10.1 Å². The van der Waals surface area contributed by atoms with Crippen molar-refractivity contribution in [3.05, 3.63) is 40.6 Å². The highest BCUT2D eigenvalue weighted by atomic mass is 32.2. The maximum absolute atomic E-state index is 12.8. The van der Waals surface area contributed by atoms with Crippen LogP contribution in [-0.4, -0.2) is 38.3 Å². The Bertz CT molecular complexity index is 883. The molecule has 3 rings (SSSR count). The summed E-state index contributed by atoms with van der Waals surface area (Å²) >= 11 is 1.14. The molecule has 0 radical (unpaired) electrons. The number of anilines is 1. The van der Waals surface area contributed by atoms with Gasteiger partial charge in [0, 0.05) is 24.2 Å². The number of sulfonamides is 1. The van der Waals surface area contributed by atoms with E-state index in [-0.39, 0.29) is 10.8 Å². The van der Waals surface area contributed by atoms with Gasteiger partial charge >= 0.3 is 0 Å². The van der Waals surface area contributed by atoms with Crippen molar-refractivity contribution >= 4 is 33.0 Å². The van der Waals surface area contributed by atoms with Crippen LogP contribution in [0.15, 0.2) is 40.6 Å². The third kappa shape index (κ3) is 4.69. The fourth-order valence-corrected chi connectivity index (χ4v) is 5.57. The van der Waals surface area contributed by atoms with Gasteiger partial charge in [0.25, 0.3) is 5.91 Å². The fourth-order valence-electron chi connectivity index (χ4n) is 2.94. The van der Waals surface area contributed by atoms with Crippen LogP contribution in [0.25, 0.3) is 0 Å². The number of carbonyl (C=O) groups excluding carboxylic acids is 1. The molecular formula is C19H24N2O4S2. The van der Waals surface area contributed by atoms with Crippen LogP contribution in [-0.2, 0) is 10.0 Å². The molecule has 1 amide bonds. The largest absolute Gasteiger partial charge is 0.494 e. The highest BCUT2D eigenvalue weighted by Crippen LogP contribution is 2.27. The molecule has 1 N–H and O–H groups in total. The van der Waals surface area contributed by atoms with E-state index in [1.807, 2.05) is 6.92 Å². The van der Waals surface area contributed by atoms with E-state index < -0.39 is 10.0 Å². The van der Waals surface area contributed by atoms with Gasteiger partial charge in [0.2, 0.25) is 10.0 Å². The SMILES string of the molecule is CCOc1ccc(NC(=O)c2cc(S(=O)(=O)N3CCC(C)CC3)cs2)cc1. The third-order valence-corrected chi connectivity index (χ3v) is 7.56. The molecule has 1 aromatic heterocycles. The van der Waals surface area contributed by atoms with E-state index in [1.54, 1.807) is 29.6 Å². The van der Waals surface area contributed by atoms with Gasteiger partial charge in [-0.2, -0.15) is 4.31 Å². The molecular weight excluding hydrogens is 384 g/mol. The minimum atomic E-state index is -3.54. The van der Waals surface area contributed by atoms with E-state index in [1.165, 1.54) is 10.4 Å². The smallest absolute Gasteiger partial charge is 0.265 e. The number of thiophene rings is 1. The normalized spacial score (nSPS) is 16.2. The number of benzene rings is 1. The number of amides is 1. The number of piperidine rings is 1. The first-order chi connectivity index (χ1) is 12.9. The molecule has 1 aliphatic rings. The summed E-state index contributed by atoms with van der Waals surface area (Å²) in [6, 6.07) is 8.52. The average molecular weight is 409 g/mol. The number of ether oxygens (including phenoxy) is 1. The van der Waals surface area contributed by atoms with E-state index in [9.17, 15) is 13.2 Å². The Labute approximate surface area is 164 Å². The molecule has 0 unspecified atom stereocenters. The number of nitrogens with one attached hydrogen (secondary N) is 1. The predicted molar refractivity (Wildman–Crippen MR) is 107 cm³/mol. The summed E-state index contributed by atoms with van der Waals surface area (Å²) < 4.78 is 32.4. The van der Waals surface area contributed by atoms with Crippen LogP contribution in [0.3, 0.4) is 0 Å². The first kappa shape index (κ1) is 19.9. The van der Waals surface area contributed by atoms with Gasteiger partial charge in [-0.05, 0) is 56.0 Å². The van der Waals surface area contributed by atoms with Crippen molar-refractivity contribution in [2.24, 2.45) is 5.92 Å². The number of rotatable bonds is 6. The lowest BCUT2D eigenvalue weighted by Gasteiger charge is -2.29. The summed E-state index contributed by atoms with van der Waals surface area (Å²) in [6.45, 7) is 5.69. The summed E-state index contributed by atoms with van der Waals surface area (Å²) in [6.07, 6.45) is 1.74. The van der Waals surface area contributed by atoms with Crippen molar-refractivity contribution in [2.45, 2.75) is 31.6 Å². The molecule has 6 nitrogen and oxygen atoms in total. The molecule has 0 saturated carbocycles. The topological polar surface area (TPSA) is 75.7 Å². The number of carbonyl (C=O) groups is 1. The van der Waals surface area contributed by atoms with Crippen LogP contribution in [0, 0.1) is 5.92 Å². The van der Waals surface area contributed by atoms with Gasteiger partial charge in [-0.1, -0.05) is 6.92 Å². The Morgan fingerprint density at radius 3 is 2.56 bits per heavy atom. The lowest BCUT2D eigenvalue weighted by molar-refractivity contribution is 0.103. The van der Waals surface area contributed by atoms with Crippen molar-refractivity contribution in [3.63, 3.8) is 0 Å². The molecule has 0 atom stereocenters. The standard InChI is InChI=1S/C19H24N2O4S2/c1-3-25-16-6-4-15(5-7-16)20-19(22)18-12-17(13-26-18)27(23,24)21-10-8-14(2)9-11-21/h4-7,12-14H,3,8-11H2,1-2H3,(H,20,22). The van der Waals surface area contributed by atoms with E-state index in [0.717, 1.165) is 29.9 Å². The summed E-state index contributed by atoms with van der Waals surface area (Å²) in [7, 11) is -3.54. The van der Waals surface area contributed by atoms with Crippen molar-refractivity contribution in [1.82, 2.24) is 4.31 Å². The molecule has 0 spiro atoms. The first-order valence-electron chi connectivity index (χ1n) is 9.03. The van der Waals surface area contributed by atoms with Crippen molar-refractivity contribution in [2.75, 3.05) is 25.0 Å². The number of hydrogen-bond donors (Lipinski definition) is 1. The molecule has 0 aliphatic carbocycles.